The van der Waals surface area contributed by atoms with Crippen LogP contribution in [-0.2, 0) is 0 Å². The molecule has 0 bridgehead atoms. The van der Waals surface area contributed by atoms with Crippen molar-refractivity contribution in [3.8, 4) is 0 Å². The molecule has 0 aliphatic heterocycles. The number of hydrogen-bond acceptors (Lipinski definition) is 1. The topological polar surface area (TPSA) is 3.24 Å². The zero-order chi connectivity index (χ0) is 8.58. The molecule has 0 heterocycles. The minimum atomic E-state index is -6.63. The molecular weight excluding hydrogens is 196 g/mol. The fraction of sp³-hybridized carbons (Fsp3) is 1.00. The molecule has 9 heteroatoms. The van der Waals surface area contributed by atoms with E-state index in [1.165, 1.54) is 0 Å². The summed E-state index contributed by atoms with van der Waals surface area (Å²) in [6.07, 6.45) is 0. The van der Waals surface area contributed by atoms with Crippen LogP contribution in [0.5, 0.6) is 0 Å². The molecule has 10 heavy (non-hydrogen) atoms. The van der Waals surface area contributed by atoms with Crippen molar-refractivity contribution in [2.75, 3.05) is 7.05 Å². The molecule has 1 nitrogen and oxygen atoms in total. The van der Waals surface area contributed by atoms with Crippen LogP contribution in [0.2, 0.25) is 0 Å². The van der Waals surface area contributed by atoms with Gasteiger partial charge in [-0.05, 0) is 7.05 Å². The van der Waals surface area contributed by atoms with Gasteiger partial charge in [0.2, 0.25) is 0 Å². The predicted octanol–water partition coefficient (Wildman–Crippen LogP) is 1.61. The third-order valence-corrected chi connectivity index (χ3v) is 3.80. The zero-order valence-corrected chi connectivity index (χ0v) is 6.72. The molecule has 0 aromatic heterocycles. The van der Waals surface area contributed by atoms with Crippen LogP contribution >= 0.6 is 0 Å². The average molecular weight is 199 g/mol. The van der Waals surface area contributed by atoms with Gasteiger partial charge in [-0.3, -0.25) is 0 Å². The minimum Gasteiger partial charge on any atom is -0.225 e. The number of nitrogens with zero attached hydrogens (tertiary/aromatic N) is 1. The Morgan fingerprint density at radius 1 is 0.800 bits per heavy atom. The van der Waals surface area contributed by atoms with E-state index in [0.29, 0.717) is 0 Å². The largest absolute Gasteiger partial charge is 0.718 e. The highest BCUT2D eigenvalue weighted by Gasteiger charge is 2.61. The highest BCUT2D eigenvalue weighted by Crippen LogP contribution is 2.23. The molecule has 62 valence electrons. The summed E-state index contributed by atoms with van der Waals surface area (Å²) in [5, 5.41) is 0. The standard InChI is InChI=1S/CH3F6NSi2/c1-8(9(2,3)4)10(5,6)7/h1H3. The van der Waals surface area contributed by atoms with Crippen molar-refractivity contribution in [1.29, 1.82) is 0 Å². The van der Waals surface area contributed by atoms with Gasteiger partial charge in [0.15, 0.2) is 0 Å². The van der Waals surface area contributed by atoms with E-state index in [2.05, 4.69) is 0 Å². The van der Waals surface area contributed by atoms with E-state index < -0.39 is 22.7 Å². The SMILES string of the molecule is CN([Si](F)(F)F)[Si](F)(F)F. The Bertz CT molecular complexity index is 99.9. The van der Waals surface area contributed by atoms with Crippen LogP contribution < -0.4 is 0 Å². The number of halogens is 6. The van der Waals surface area contributed by atoms with Gasteiger partial charge in [-0.15, -0.1) is 0 Å². The summed E-state index contributed by atoms with van der Waals surface area (Å²) < 4.78 is 66.6. The summed E-state index contributed by atoms with van der Waals surface area (Å²) in [6, 6.07) is 0. The summed E-state index contributed by atoms with van der Waals surface area (Å²) in [6.45, 7) is 0. The quantitative estimate of drug-likeness (QED) is 0.371. The molecule has 0 radical (unpaired) electrons. The van der Waals surface area contributed by atoms with E-state index in [-0.39, 0.29) is 7.05 Å². The summed E-state index contributed by atoms with van der Waals surface area (Å²) in [7, 11) is -13.2. The third kappa shape index (κ3) is 2.70. The number of hydrogen-bond donors (Lipinski definition) is 0. The fourth-order valence-corrected chi connectivity index (χ4v) is 1.29. The van der Waals surface area contributed by atoms with E-state index in [4.69, 9.17) is 0 Å². The van der Waals surface area contributed by atoms with E-state index in [1.807, 2.05) is 0 Å². The molecule has 0 fully saturated rings. The molecule has 0 aliphatic carbocycles. The fourth-order valence-electron chi connectivity index (χ4n) is 0.144. The first kappa shape index (κ1) is 9.97. The zero-order valence-electron chi connectivity index (χ0n) is 4.72. The molecule has 0 unspecified atom stereocenters. The molecule has 0 aromatic carbocycles. The molecule has 0 spiro atoms. The van der Waals surface area contributed by atoms with Gasteiger partial charge in [0.1, 0.15) is 0 Å². The van der Waals surface area contributed by atoms with Crippen LogP contribution in [0.15, 0.2) is 0 Å². The summed E-state index contributed by atoms with van der Waals surface area (Å²) in [5.41, 5.74) is 0. The van der Waals surface area contributed by atoms with Gasteiger partial charge in [-0.25, -0.2) is 24.6 Å². The highest BCUT2D eigenvalue weighted by molar-refractivity contribution is 6.72. The van der Waals surface area contributed by atoms with Gasteiger partial charge >= 0.3 is 18.5 Å². The average Bonchev–Trinajstić information content (AvgIpc) is 1.59. The van der Waals surface area contributed by atoms with Gasteiger partial charge < -0.3 is 0 Å². The second-order valence-corrected chi connectivity index (χ2v) is 5.15. The maximum absolute atomic E-state index is 11.3. The summed E-state index contributed by atoms with van der Waals surface area (Å²) in [4.78, 5) is 0. The van der Waals surface area contributed by atoms with Crippen molar-refractivity contribution in [2.24, 2.45) is 0 Å². The maximum Gasteiger partial charge on any atom is 0.718 e. The monoisotopic (exact) mass is 199 g/mol. The van der Waals surface area contributed by atoms with Gasteiger partial charge in [-0.2, -0.15) is 4.23 Å². The summed E-state index contributed by atoms with van der Waals surface area (Å²) in [5.74, 6) is 0. The molecule has 0 saturated carbocycles. The Balaban J connectivity index is 4.23. The molecule has 0 saturated heterocycles. The molecule has 0 rings (SSSR count). The third-order valence-electron chi connectivity index (χ3n) is 0.761. The Morgan fingerprint density at radius 3 is 1.00 bits per heavy atom. The lowest BCUT2D eigenvalue weighted by molar-refractivity contribution is 0.300. The second-order valence-electron chi connectivity index (χ2n) is 1.49. The lowest BCUT2D eigenvalue weighted by Crippen LogP contribution is -2.52. The van der Waals surface area contributed by atoms with Crippen molar-refractivity contribution in [2.45, 2.75) is 0 Å². The molecule has 0 atom stereocenters. The Labute approximate surface area is 55.5 Å². The first-order valence-corrected chi connectivity index (χ1v) is 5.19. The number of rotatable bonds is 2. The van der Waals surface area contributed by atoms with Gasteiger partial charge in [0.05, 0.1) is 0 Å². The van der Waals surface area contributed by atoms with Gasteiger partial charge in [-0.1, -0.05) is 0 Å². The Hall–Kier alpha value is -0.0262. The Kier molecular flexibility index (Phi) is 2.54. The highest BCUT2D eigenvalue weighted by atomic mass is 28.5. The Morgan fingerprint density at radius 2 is 1.00 bits per heavy atom. The van der Waals surface area contributed by atoms with E-state index in [1.54, 1.807) is 0 Å². The predicted molar refractivity (Wildman–Crippen MR) is 25.9 cm³/mol. The molecular formula is CH3F6NSi2. The lowest BCUT2D eigenvalue weighted by Gasteiger charge is -2.16. The van der Waals surface area contributed by atoms with E-state index in [0.717, 1.165) is 0 Å². The van der Waals surface area contributed by atoms with Gasteiger partial charge in [0, 0.05) is 0 Å². The molecule has 0 N–H and O–H groups in total. The van der Waals surface area contributed by atoms with Crippen LogP contribution in [0.3, 0.4) is 0 Å². The van der Waals surface area contributed by atoms with Crippen molar-refractivity contribution in [1.82, 2.24) is 4.23 Å². The summed E-state index contributed by atoms with van der Waals surface area (Å²) >= 11 is 0. The first-order chi connectivity index (χ1) is 4.15. The molecule has 0 aliphatic rings. The van der Waals surface area contributed by atoms with Crippen molar-refractivity contribution < 1.29 is 24.6 Å². The van der Waals surface area contributed by atoms with Crippen LogP contribution in [0.1, 0.15) is 0 Å². The van der Waals surface area contributed by atoms with Crippen molar-refractivity contribution >= 4 is 18.5 Å². The first-order valence-electron chi connectivity index (χ1n) is 2.03. The maximum atomic E-state index is 11.3. The van der Waals surface area contributed by atoms with Crippen molar-refractivity contribution in [3.05, 3.63) is 0 Å². The van der Waals surface area contributed by atoms with Crippen LogP contribution in [0.4, 0.5) is 24.6 Å². The normalized spacial score (nSPS) is 14.4. The molecule has 0 aromatic rings. The smallest absolute Gasteiger partial charge is 0.225 e. The molecule has 0 amide bonds. The lowest BCUT2D eigenvalue weighted by atomic mass is 11.6. The van der Waals surface area contributed by atoms with E-state index >= 15 is 0 Å². The second kappa shape index (κ2) is 2.54. The van der Waals surface area contributed by atoms with Crippen molar-refractivity contribution in [3.63, 3.8) is 0 Å². The van der Waals surface area contributed by atoms with Crippen LogP contribution in [-0.4, -0.2) is 29.8 Å². The van der Waals surface area contributed by atoms with Crippen LogP contribution in [0.25, 0.3) is 0 Å². The minimum absolute atomic E-state index is 0.0401. The van der Waals surface area contributed by atoms with Gasteiger partial charge in [0.25, 0.3) is 0 Å². The van der Waals surface area contributed by atoms with E-state index in [9.17, 15) is 24.6 Å². The van der Waals surface area contributed by atoms with Crippen LogP contribution in [0, 0.1) is 0 Å².